The van der Waals surface area contributed by atoms with Crippen LogP contribution in [0.4, 0.5) is 0 Å². The molecule has 148 valence electrons. The van der Waals surface area contributed by atoms with Crippen LogP contribution in [0.1, 0.15) is 62.7 Å². The van der Waals surface area contributed by atoms with Crippen molar-refractivity contribution in [3.05, 3.63) is 24.0 Å². The Labute approximate surface area is 162 Å². The summed E-state index contributed by atoms with van der Waals surface area (Å²) in [5.74, 6) is 1.98. The van der Waals surface area contributed by atoms with E-state index in [1.165, 1.54) is 51.3 Å². The summed E-state index contributed by atoms with van der Waals surface area (Å²) in [5, 5.41) is 9.70. The molecule has 0 spiro atoms. The van der Waals surface area contributed by atoms with E-state index in [1.54, 1.807) is 12.3 Å². The van der Waals surface area contributed by atoms with Crippen LogP contribution < -0.4 is 0 Å². The highest BCUT2D eigenvalue weighted by Gasteiger charge is 2.47. The summed E-state index contributed by atoms with van der Waals surface area (Å²) >= 11 is 0. The average Bonchev–Trinajstić information content (AvgIpc) is 2.67. The van der Waals surface area contributed by atoms with E-state index in [2.05, 4.69) is 23.7 Å². The van der Waals surface area contributed by atoms with Gasteiger partial charge in [0.15, 0.2) is 0 Å². The second kappa shape index (κ2) is 7.78. The molecule has 0 radical (unpaired) electrons. The van der Waals surface area contributed by atoms with Crippen molar-refractivity contribution in [2.45, 2.75) is 64.5 Å². The lowest BCUT2D eigenvalue weighted by Gasteiger charge is -2.57. The van der Waals surface area contributed by atoms with Gasteiger partial charge in [-0.15, -0.1) is 0 Å². The Balaban J connectivity index is 1.55. The quantitative estimate of drug-likeness (QED) is 0.880. The maximum absolute atomic E-state index is 13.1. The number of rotatable bonds is 4. The molecule has 0 unspecified atom stereocenters. The molecule has 1 amide bonds. The lowest BCUT2D eigenvalue weighted by atomic mass is 9.71. The maximum Gasteiger partial charge on any atom is 0.255 e. The number of amides is 1. The zero-order valence-corrected chi connectivity index (χ0v) is 16.7. The van der Waals surface area contributed by atoms with Crippen molar-refractivity contribution in [2.24, 2.45) is 17.8 Å². The smallest absolute Gasteiger partial charge is 0.255 e. The van der Waals surface area contributed by atoms with E-state index < -0.39 is 0 Å². The zero-order valence-electron chi connectivity index (χ0n) is 16.7. The van der Waals surface area contributed by atoms with Gasteiger partial charge in [-0.05, 0) is 62.5 Å². The Morgan fingerprint density at radius 1 is 1.26 bits per heavy atom. The van der Waals surface area contributed by atoms with Gasteiger partial charge in [-0.1, -0.05) is 20.3 Å². The lowest BCUT2D eigenvalue weighted by molar-refractivity contribution is -0.0681. The highest BCUT2D eigenvalue weighted by atomic mass is 16.3. The molecular weight excluding hydrogens is 338 g/mol. The minimum atomic E-state index is 0.0277. The summed E-state index contributed by atoms with van der Waals surface area (Å²) in [6.07, 6.45) is 10.7. The molecule has 1 aromatic heterocycles. The van der Waals surface area contributed by atoms with Gasteiger partial charge in [-0.3, -0.25) is 14.7 Å². The van der Waals surface area contributed by atoms with Crippen LogP contribution in [0.15, 0.2) is 18.5 Å². The number of piperidine rings is 3. The van der Waals surface area contributed by atoms with Gasteiger partial charge in [0.25, 0.3) is 5.91 Å². The van der Waals surface area contributed by atoms with E-state index >= 15 is 0 Å². The number of carbonyl (C=O) groups excluding carboxylic acids is 1. The third-order valence-corrected chi connectivity index (χ3v) is 6.92. The predicted octanol–water partition coefficient (Wildman–Crippen LogP) is 3.54. The molecule has 3 aliphatic heterocycles. The van der Waals surface area contributed by atoms with E-state index in [9.17, 15) is 9.90 Å². The van der Waals surface area contributed by atoms with Gasteiger partial charge >= 0.3 is 0 Å². The van der Waals surface area contributed by atoms with Crippen LogP contribution in [0.5, 0.6) is 5.75 Å². The number of likely N-dealkylation sites (tertiary alicyclic amines) is 1. The number of aromatic hydroxyl groups is 1. The second-order valence-corrected chi connectivity index (χ2v) is 9.24. The number of hydrogen-bond donors (Lipinski definition) is 1. The van der Waals surface area contributed by atoms with Crippen LogP contribution >= 0.6 is 0 Å². The summed E-state index contributed by atoms with van der Waals surface area (Å²) in [6.45, 7) is 7.56. The lowest BCUT2D eigenvalue weighted by Crippen LogP contribution is -2.64. The van der Waals surface area contributed by atoms with Crippen molar-refractivity contribution in [3.63, 3.8) is 0 Å². The summed E-state index contributed by atoms with van der Waals surface area (Å²) in [5.41, 5.74) is 0.509. The molecule has 4 heterocycles. The van der Waals surface area contributed by atoms with Crippen molar-refractivity contribution in [3.8, 4) is 5.75 Å². The Kier molecular flexibility index (Phi) is 5.40. The van der Waals surface area contributed by atoms with Gasteiger partial charge in [0.2, 0.25) is 0 Å². The average molecular weight is 372 g/mol. The number of nitrogens with zero attached hydrogens (tertiary/aromatic N) is 3. The van der Waals surface area contributed by atoms with Crippen LogP contribution in [-0.2, 0) is 0 Å². The first-order valence-corrected chi connectivity index (χ1v) is 10.7. The Morgan fingerprint density at radius 3 is 2.85 bits per heavy atom. The molecule has 0 saturated carbocycles. The van der Waals surface area contributed by atoms with Gasteiger partial charge in [-0.2, -0.15) is 0 Å². The van der Waals surface area contributed by atoms with Crippen molar-refractivity contribution >= 4 is 5.91 Å². The number of hydrogen-bond acceptors (Lipinski definition) is 4. The largest absolute Gasteiger partial charge is 0.506 e. The molecule has 4 rings (SSSR count). The standard InChI is InChI=1S/C22H33N3O2/c1-15(2)6-7-21-18-9-17(20-5-3-4-8-25(20)21)13-24(14-18)22(27)16-10-19(26)12-23-11-16/h10-12,15,17-18,20-21,26H,3-9,13-14H2,1-2H3/t17-,18+,20+,21+/m1/s1. The molecule has 4 atom stereocenters. The summed E-state index contributed by atoms with van der Waals surface area (Å²) in [7, 11) is 0. The van der Waals surface area contributed by atoms with Crippen molar-refractivity contribution in [1.82, 2.24) is 14.8 Å². The number of fused-ring (bicyclic) bond motifs is 4. The molecular formula is C22H33N3O2. The molecule has 1 aromatic rings. The van der Waals surface area contributed by atoms with Crippen LogP contribution in [0.25, 0.3) is 0 Å². The van der Waals surface area contributed by atoms with Crippen LogP contribution in [-0.4, -0.2) is 57.5 Å². The third kappa shape index (κ3) is 3.84. The van der Waals surface area contributed by atoms with Crippen LogP contribution in [0.3, 0.4) is 0 Å². The monoisotopic (exact) mass is 371 g/mol. The van der Waals surface area contributed by atoms with E-state index in [4.69, 9.17) is 0 Å². The highest BCUT2D eigenvalue weighted by Crippen LogP contribution is 2.43. The maximum atomic E-state index is 13.1. The molecule has 5 heteroatoms. The van der Waals surface area contributed by atoms with E-state index in [0.29, 0.717) is 29.5 Å². The highest BCUT2D eigenvalue weighted by molar-refractivity contribution is 5.94. The molecule has 27 heavy (non-hydrogen) atoms. The fourth-order valence-electron chi connectivity index (χ4n) is 5.70. The minimum absolute atomic E-state index is 0.0277. The Bertz CT molecular complexity index is 677. The van der Waals surface area contributed by atoms with Gasteiger partial charge in [0, 0.05) is 31.4 Å². The Hall–Kier alpha value is -1.62. The normalized spacial score (nSPS) is 31.0. The topological polar surface area (TPSA) is 56.7 Å². The number of aromatic nitrogens is 1. The van der Waals surface area contributed by atoms with Gasteiger partial charge in [0.1, 0.15) is 5.75 Å². The molecule has 0 aromatic carbocycles. The second-order valence-electron chi connectivity index (χ2n) is 9.24. The van der Waals surface area contributed by atoms with Crippen LogP contribution in [0, 0.1) is 17.8 Å². The molecule has 3 fully saturated rings. The summed E-state index contributed by atoms with van der Waals surface area (Å²) in [6, 6.07) is 2.81. The number of pyridine rings is 1. The molecule has 3 aliphatic rings. The molecule has 0 aliphatic carbocycles. The molecule has 2 bridgehead atoms. The van der Waals surface area contributed by atoms with Crippen molar-refractivity contribution < 1.29 is 9.90 Å². The van der Waals surface area contributed by atoms with Crippen LogP contribution in [0.2, 0.25) is 0 Å². The van der Waals surface area contributed by atoms with E-state index in [0.717, 1.165) is 19.0 Å². The van der Waals surface area contributed by atoms with Gasteiger partial charge in [-0.25, -0.2) is 0 Å². The van der Waals surface area contributed by atoms with Gasteiger partial charge in [0.05, 0.1) is 11.8 Å². The first-order chi connectivity index (χ1) is 13.0. The predicted molar refractivity (Wildman–Crippen MR) is 106 cm³/mol. The minimum Gasteiger partial charge on any atom is -0.506 e. The summed E-state index contributed by atoms with van der Waals surface area (Å²) in [4.78, 5) is 21.9. The third-order valence-electron chi connectivity index (χ3n) is 6.92. The first kappa shape index (κ1) is 18.7. The molecule has 3 saturated heterocycles. The molecule has 5 nitrogen and oxygen atoms in total. The SMILES string of the molecule is CC(C)CC[C@H]1[C@H]2C[C@H](CN(C(=O)c3cncc(O)c3)C2)[C@@H]2CCCCN21. The van der Waals surface area contributed by atoms with Crippen molar-refractivity contribution in [1.29, 1.82) is 0 Å². The molecule has 1 N–H and O–H groups in total. The van der Waals surface area contributed by atoms with Gasteiger partial charge < -0.3 is 10.0 Å². The van der Waals surface area contributed by atoms with E-state index in [-0.39, 0.29) is 11.7 Å². The fourth-order valence-corrected chi connectivity index (χ4v) is 5.70. The Morgan fingerprint density at radius 2 is 2.07 bits per heavy atom. The first-order valence-electron chi connectivity index (χ1n) is 10.7. The van der Waals surface area contributed by atoms with Crippen molar-refractivity contribution in [2.75, 3.05) is 19.6 Å². The zero-order chi connectivity index (χ0) is 19.0. The van der Waals surface area contributed by atoms with E-state index in [1.807, 2.05) is 4.90 Å². The fraction of sp³-hybridized carbons (Fsp3) is 0.727. The summed E-state index contributed by atoms with van der Waals surface area (Å²) < 4.78 is 0. The number of carbonyl (C=O) groups is 1.